The zero-order valence-corrected chi connectivity index (χ0v) is 18.2. The van der Waals surface area contributed by atoms with E-state index in [0.29, 0.717) is 28.8 Å². The Labute approximate surface area is 185 Å². The molecule has 0 spiro atoms. The number of fused-ring (bicyclic) bond motifs is 2. The molecule has 5 heteroatoms. The predicted molar refractivity (Wildman–Crippen MR) is 123 cm³/mol. The Balaban J connectivity index is 1.75. The van der Waals surface area contributed by atoms with E-state index in [9.17, 15) is 9.59 Å². The number of hydrogen-bond donors (Lipinski definition) is 0. The number of benzene rings is 3. The van der Waals surface area contributed by atoms with Gasteiger partial charge < -0.3 is 14.1 Å². The van der Waals surface area contributed by atoms with Gasteiger partial charge in [0.1, 0.15) is 11.3 Å². The molecule has 1 aliphatic heterocycles. The van der Waals surface area contributed by atoms with E-state index in [2.05, 4.69) is 0 Å². The van der Waals surface area contributed by atoms with Crippen molar-refractivity contribution in [2.24, 2.45) is 0 Å². The maximum absolute atomic E-state index is 13.7. The molecule has 0 aliphatic carbocycles. The molecule has 0 radical (unpaired) electrons. The summed E-state index contributed by atoms with van der Waals surface area (Å²) in [5, 5.41) is 0.495. The number of amides is 1. The van der Waals surface area contributed by atoms with E-state index in [1.165, 1.54) is 0 Å². The first kappa shape index (κ1) is 20.1. The van der Waals surface area contributed by atoms with Gasteiger partial charge in [0, 0.05) is 6.54 Å². The van der Waals surface area contributed by atoms with Gasteiger partial charge in [-0.1, -0.05) is 42.5 Å². The highest BCUT2D eigenvalue weighted by atomic mass is 16.5. The lowest BCUT2D eigenvalue weighted by Gasteiger charge is -2.25. The minimum atomic E-state index is -0.560. The highest BCUT2D eigenvalue weighted by Crippen LogP contribution is 2.40. The van der Waals surface area contributed by atoms with Gasteiger partial charge in [-0.15, -0.1) is 0 Å². The molecule has 160 valence electrons. The number of aryl methyl sites for hydroxylation is 2. The minimum Gasteiger partial charge on any atom is -0.497 e. The maximum atomic E-state index is 13.7. The summed E-state index contributed by atoms with van der Waals surface area (Å²) >= 11 is 0. The summed E-state index contributed by atoms with van der Waals surface area (Å²) in [4.78, 5) is 29.0. The predicted octanol–water partition coefficient (Wildman–Crippen LogP) is 5.16. The number of methoxy groups -OCH3 is 1. The van der Waals surface area contributed by atoms with Crippen molar-refractivity contribution in [3.05, 3.63) is 111 Å². The van der Waals surface area contributed by atoms with Crippen LogP contribution in [0.2, 0.25) is 0 Å². The lowest BCUT2D eigenvalue weighted by Crippen LogP contribution is -2.29. The van der Waals surface area contributed by atoms with Gasteiger partial charge in [0.25, 0.3) is 5.91 Å². The van der Waals surface area contributed by atoms with Gasteiger partial charge >= 0.3 is 0 Å². The molecule has 1 amide bonds. The summed E-state index contributed by atoms with van der Waals surface area (Å²) in [7, 11) is 1.60. The van der Waals surface area contributed by atoms with Crippen molar-refractivity contribution in [1.82, 2.24) is 4.90 Å². The van der Waals surface area contributed by atoms with Crippen LogP contribution in [0.25, 0.3) is 11.0 Å². The fourth-order valence-electron chi connectivity index (χ4n) is 4.38. The van der Waals surface area contributed by atoms with Crippen LogP contribution >= 0.6 is 0 Å². The Morgan fingerprint density at radius 2 is 1.69 bits per heavy atom. The average Bonchev–Trinajstić information content (AvgIpc) is 3.08. The Bertz CT molecular complexity index is 1400. The van der Waals surface area contributed by atoms with E-state index in [-0.39, 0.29) is 17.1 Å². The molecule has 2 heterocycles. The fraction of sp³-hybridized carbons (Fsp3) is 0.185. The number of hydrogen-bond acceptors (Lipinski definition) is 4. The van der Waals surface area contributed by atoms with Gasteiger partial charge in [-0.2, -0.15) is 0 Å². The van der Waals surface area contributed by atoms with Gasteiger partial charge in [-0.25, -0.2) is 0 Å². The van der Waals surface area contributed by atoms with Gasteiger partial charge in [0.15, 0.2) is 5.43 Å². The third-order valence-corrected chi connectivity index (χ3v) is 6.19. The third-order valence-electron chi connectivity index (χ3n) is 6.19. The molecule has 0 N–H and O–H groups in total. The summed E-state index contributed by atoms with van der Waals surface area (Å²) in [6, 6.07) is 20.4. The largest absolute Gasteiger partial charge is 0.497 e. The Kier molecular flexibility index (Phi) is 4.82. The van der Waals surface area contributed by atoms with Crippen LogP contribution in [-0.2, 0) is 6.54 Å². The molecule has 5 nitrogen and oxygen atoms in total. The Hall–Kier alpha value is -3.86. The average molecular weight is 425 g/mol. The van der Waals surface area contributed by atoms with Crippen molar-refractivity contribution < 1.29 is 13.9 Å². The van der Waals surface area contributed by atoms with Crippen molar-refractivity contribution in [2.45, 2.75) is 26.4 Å². The molecule has 1 unspecified atom stereocenters. The van der Waals surface area contributed by atoms with Gasteiger partial charge in [-0.3, -0.25) is 9.59 Å². The van der Waals surface area contributed by atoms with E-state index in [1.54, 1.807) is 12.0 Å². The molecule has 1 aliphatic rings. The molecular formula is C27H23NO4. The van der Waals surface area contributed by atoms with Crippen LogP contribution in [0.1, 0.15) is 44.4 Å². The molecule has 3 aromatic carbocycles. The van der Waals surface area contributed by atoms with Gasteiger partial charge in [-0.05, 0) is 60.4 Å². The van der Waals surface area contributed by atoms with Crippen LogP contribution in [0.4, 0.5) is 0 Å². The zero-order chi connectivity index (χ0) is 22.4. The number of rotatable bonds is 4. The zero-order valence-electron chi connectivity index (χ0n) is 18.2. The molecule has 4 aromatic rings. The summed E-state index contributed by atoms with van der Waals surface area (Å²) in [5.41, 5.74) is 4.46. The monoisotopic (exact) mass is 425 g/mol. The smallest absolute Gasteiger partial charge is 0.291 e. The lowest BCUT2D eigenvalue weighted by atomic mass is 9.97. The second-order valence-corrected chi connectivity index (χ2v) is 8.20. The van der Waals surface area contributed by atoms with E-state index < -0.39 is 6.04 Å². The van der Waals surface area contributed by atoms with E-state index in [1.807, 2.05) is 80.6 Å². The first-order valence-corrected chi connectivity index (χ1v) is 10.5. The Morgan fingerprint density at radius 1 is 0.938 bits per heavy atom. The molecular weight excluding hydrogens is 402 g/mol. The topological polar surface area (TPSA) is 59.8 Å². The summed E-state index contributed by atoms with van der Waals surface area (Å²) in [5.74, 6) is 0.503. The molecule has 1 aromatic heterocycles. The lowest BCUT2D eigenvalue weighted by molar-refractivity contribution is 0.0714. The standard InChI is InChI=1S/C27H23NO4/c1-16-12-21-22(13-17(16)2)32-26-23(25(21)29)24(19-10-7-11-20(14-19)31-3)28(27(26)30)15-18-8-5-4-6-9-18/h4-14,24H,15H2,1-3H3. The fourth-order valence-corrected chi connectivity index (χ4v) is 4.38. The molecule has 5 rings (SSSR count). The number of ether oxygens (including phenoxy) is 1. The van der Waals surface area contributed by atoms with Crippen LogP contribution in [0.5, 0.6) is 5.75 Å². The van der Waals surface area contributed by atoms with Crippen LogP contribution in [0.3, 0.4) is 0 Å². The van der Waals surface area contributed by atoms with Crippen molar-refractivity contribution in [1.29, 1.82) is 0 Å². The van der Waals surface area contributed by atoms with Crippen LogP contribution < -0.4 is 10.2 Å². The van der Waals surface area contributed by atoms with Crippen molar-refractivity contribution >= 4 is 16.9 Å². The molecule has 0 bridgehead atoms. The van der Waals surface area contributed by atoms with E-state index in [0.717, 1.165) is 22.3 Å². The normalized spacial score (nSPS) is 15.3. The molecule has 0 saturated carbocycles. The summed E-state index contributed by atoms with van der Waals surface area (Å²) in [6.45, 7) is 4.29. The second-order valence-electron chi connectivity index (χ2n) is 8.20. The molecule has 0 saturated heterocycles. The molecule has 1 atom stereocenters. The van der Waals surface area contributed by atoms with Crippen molar-refractivity contribution in [3.8, 4) is 5.75 Å². The quantitative estimate of drug-likeness (QED) is 0.453. The number of carbonyl (C=O) groups excluding carboxylic acids is 1. The Morgan fingerprint density at radius 3 is 2.44 bits per heavy atom. The SMILES string of the molecule is COc1cccc(C2c3c(oc4cc(C)c(C)cc4c3=O)C(=O)N2Cc2ccccc2)c1. The maximum Gasteiger partial charge on any atom is 0.291 e. The van der Waals surface area contributed by atoms with Gasteiger partial charge in [0.05, 0.1) is 24.1 Å². The molecule has 32 heavy (non-hydrogen) atoms. The molecule has 0 fully saturated rings. The van der Waals surface area contributed by atoms with Crippen LogP contribution in [0, 0.1) is 13.8 Å². The third kappa shape index (κ3) is 3.17. The number of carbonyl (C=O) groups is 1. The van der Waals surface area contributed by atoms with Crippen LogP contribution in [0.15, 0.2) is 75.9 Å². The van der Waals surface area contributed by atoms with Crippen molar-refractivity contribution in [2.75, 3.05) is 7.11 Å². The second kappa shape index (κ2) is 7.68. The number of nitrogens with zero attached hydrogens (tertiary/aromatic N) is 1. The highest BCUT2D eigenvalue weighted by Gasteiger charge is 2.42. The van der Waals surface area contributed by atoms with E-state index >= 15 is 0 Å². The first-order valence-electron chi connectivity index (χ1n) is 10.5. The minimum absolute atomic E-state index is 0.120. The summed E-state index contributed by atoms with van der Waals surface area (Å²) in [6.07, 6.45) is 0. The van der Waals surface area contributed by atoms with Crippen molar-refractivity contribution in [3.63, 3.8) is 0 Å². The highest BCUT2D eigenvalue weighted by molar-refractivity contribution is 5.99. The van der Waals surface area contributed by atoms with E-state index in [4.69, 9.17) is 9.15 Å². The first-order chi connectivity index (χ1) is 15.5. The summed E-state index contributed by atoms with van der Waals surface area (Å²) < 4.78 is 11.5. The van der Waals surface area contributed by atoms with Gasteiger partial charge in [0.2, 0.25) is 5.76 Å². The van der Waals surface area contributed by atoms with Crippen LogP contribution in [-0.4, -0.2) is 17.9 Å².